The van der Waals surface area contributed by atoms with Crippen LogP contribution in [0.5, 0.6) is 11.5 Å². The van der Waals surface area contributed by atoms with Crippen molar-refractivity contribution in [2.45, 2.75) is 0 Å². The van der Waals surface area contributed by atoms with Crippen molar-refractivity contribution in [2.24, 2.45) is 0 Å². The van der Waals surface area contributed by atoms with Crippen LogP contribution in [0.1, 0.15) is 0 Å². The van der Waals surface area contributed by atoms with E-state index in [2.05, 4.69) is 15.4 Å². The highest BCUT2D eigenvalue weighted by molar-refractivity contribution is 5.90. The van der Waals surface area contributed by atoms with Crippen molar-refractivity contribution in [1.82, 2.24) is 5.32 Å². The number of benzene rings is 1. The normalized spacial score (nSPS) is 9.67. The van der Waals surface area contributed by atoms with Crippen LogP contribution in [0.25, 0.3) is 0 Å². The summed E-state index contributed by atoms with van der Waals surface area (Å²) < 4.78 is 4.63. The van der Waals surface area contributed by atoms with E-state index in [9.17, 15) is 9.90 Å². The number of anilines is 1. The van der Waals surface area contributed by atoms with E-state index in [1.54, 1.807) is 0 Å². The molecule has 0 unspecified atom stereocenters. The molecule has 1 aromatic rings. The highest BCUT2D eigenvalue weighted by atomic mass is 16.5. The van der Waals surface area contributed by atoms with E-state index in [1.165, 1.54) is 19.2 Å². The fourth-order valence-electron chi connectivity index (χ4n) is 0.930. The largest absolute Gasteiger partial charge is 0.508 e. The minimum absolute atomic E-state index is 0.0738. The molecule has 0 heterocycles. The van der Waals surface area contributed by atoms with Crippen LogP contribution in [0.4, 0.5) is 10.5 Å². The Balaban J connectivity index is 2.60. The van der Waals surface area contributed by atoms with E-state index in [-0.39, 0.29) is 23.9 Å². The quantitative estimate of drug-likeness (QED) is 0.339. The molecular formula is C9H12N2O4. The van der Waals surface area contributed by atoms with E-state index in [0.717, 1.165) is 6.07 Å². The molecule has 6 heteroatoms. The molecule has 0 bridgehead atoms. The number of phenolic OH excluding ortho intramolecular Hbond substituents is 2. The number of phenols is 2. The summed E-state index contributed by atoms with van der Waals surface area (Å²) in [5.41, 5.74) is 0.210. The van der Waals surface area contributed by atoms with Gasteiger partial charge in [-0.25, -0.2) is 4.79 Å². The number of carbonyl (C=O) groups is 1. The number of ether oxygens (including phenoxy) is 1. The second-order valence-electron chi connectivity index (χ2n) is 2.77. The van der Waals surface area contributed by atoms with Crippen molar-refractivity contribution in [3.05, 3.63) is 18.2 Å². The van der Waals surface area contributed by atoms with Crippen molar-refractivity contribution >= 4 is 11.7 Å². The lowest BCUT2D eigenvalue weighted by molar-refractivity contribution is 0.177. The van der Waals surface area contributed by atoms with Gasteiger partial charge in [0.1, 0.15) is 18.2 Å². The molecule has 0 spiro atoms. The topological polar surface area (TPSA) is 90.8 Å². The van der Waals surface area contributed by atoms with Gasteiger partial charge >= 0.3 is 6.03 Å². The average molecular weight is 212 g/mol. The Morgan fingerprint density at radius 1 is 1.47 bits per heavy atom. The molecule has 0 aliphatic rings. The van der Waals surface area contributed by atoms with Crippen molar-refractivity contribution in [3.8, 4) is 11.5 Å². The van der Waals surface area contributed by atoms with Gasteiger partial charge in [-0.05, 0) is 12.1 Å². The van der Waals surface area contributed by atoms with Crippen molar-refractivity contribution < 1.29 is 19.7 Å². The van der Waals surface area contributed by atoms with Crippen LogP contribution in [0.2, 0.25) is 0 Å². The molecule has 4 N–H and O–H groups in total. The van der Waals surface area contributed by atoms with Gasteiger partial charge in [0.15, 0.2) is 0 Å². The number of aromatic hydroxyl groups is 2. The Kier molecular flexibility index (Phi) is 3.75. The van der Waals surface area contributed by atoms with E-state index in [1.807, 2.05) is 0 Å². The maximum atomic E-state index is 11.1. The van der Waals surface area contributed by atoms with Crippen LogP contribution in [0.3, 0.4) is 0 Å². The fraction of sp³-hybridized carbons (Fsp3) is 0.222. The zero-order chi connectivity index (χ0) is 11.3. The van der Waals surface area contributed by atoms with Crippen LogP contribution in [0, 0.1) is 0 Å². The predicted octanol–water partition coefficient (Wildman–Crippen LogP) is 0.823. The number of hydrogen-bond acceptors (Lipinski definition) is 4. The first-order chi connectivity index (χ1) is 7.13. The first kappa shape index (κ1) is 11.1. The van der Waals surface area contributed by atoms with Crippen LogP contribution >= 0.6 is 0 Å². The molecular weight excluding hydrogens is 200 g/mol. The third kappa shape index (κ3) is 3.35. The molecule has 0 saturated heterocycles. The van der Waals surface area contributed by atoms with Gasteiger partial charge < -0.3 is 25.6 Å². The molecule has 1 aromatic carbocycles. The highest BCUT2D eigenvalue weighted by Crippen LogP contribution is 2.26. The number of hydrogen-bond donors (Lipinski definition) is 4. The molecule has 15 heavy (non-hydrogen) atoms. The van der Waals surface area contributed by atoms with Crippen LogP contribution in [0.15, 0.2) is 18.2 Å². The minimum atomic E-state index is -0.502. The Hall–Kier alpha value is -1.95. The lowest BCUT2D eigenvalue weighted by Crippen LogP contribution is -2.30. The van der Waals surface area contributed by atoms with Gasteiger partial charge in [0.05, 0.1) is 5.69 Å². The van der Waals surface area contributed by atoms with Gasteiger partial charge in [-0.2, -0.15) is 0 Å². The van der Waals surface area contributed by atoms with Gasteiger partial charge in [-0.1, -0.05) is 0 Å². The molecule has 0 saturated carbocycles. The molecule has 0 aromatic heterocycles. The van der Waals surface area contributed by atoms with E-state index in [0.29, 0.717) is 0 Å². The molecule has 0 atom stereocenters. The molecule has 0 aliphatic carbocycles. The zero-order valence-electron chi connectivity index (χ0n) is 8.15. The molecule has 82 valence electrons. The molecule has 0 aliphatic heterocycles. The maximum absolute atomic E-state index is 11.1. The average Bonchev–Trinajstić information content (AvgIpc) is 2.19. The summed E-state index contributed by atoms with van der Waals surface area (Å²) in [7, 11) is 1.44. The lowest BCUT2D eigenvalue weighted by Gasteiger charge is -2.08. The third-order valence-electron chi connectivity index (χ3n) is 1.61. The molecule has 1 rings (SSSR count). The van der Waals surface area contributed by atoms with E-state index < -0.39 is 6.03 Å². The van der Waals surface area contributed by atoms with E-state index >= 15 is 0 Å². The summed E-state index contributed by atoms with van der Waals surface area (Å²) >= 11 is 0. The Morgan fingerprint density at radius 2 is 2.20 bits per heavy atom. The minimum Gasteiger partial charge on any atom is -0.508 e. The smallest absolute Gasteiger partial charge is 0.321 e. The predicted molar refractivity (Wildman–Crippen MR) is 53.8 cm³/mol. The molecule has 0 fully saturated rings. The van der Waals surface area contributed by atoms with Gasteiger partial charge in [-0.15, -0.1) is 0 Å². The highest BCUT2D eigenvalue weighted by Gasteiger charge is 2.05. The second-order valence-corrected chi connectivity index (χ2v) is 2.77. The SMILES string of the molecule is COCNC(=O)Nc1ccc(O)cc1O. The zero-order valence-corrected chi connectivity index (χ0v) is 8.15. The Morgan fingerprint density at radius 3 is 2.80 bits per heavy atom. The summed E-state index contributed by atoms with van der Waals surface area (Å²) in [5.74, 6) is -0.280. The van der Waals surface area contributed by atoms with Crippen LogP contribution < -0.4 is 10.6 Å². The number of amides is 2. The second kappa shape index (κ2) is 5.06. The number of carbonyl (C=O) groups excluding carboxylic acids is 1. The number of urea groups is 1. The number of nitrogens with one attached hydrogen (secondary N) is 2. The summed E-state index contributed by atoms with van der Waals surface area (Å²) in [6.45, 7) is 0.0741. The maximum Gasteiger partial charge on any atom is 0.321 e. The number of rotatable bonds is 3. The van der Waals surface area contributed by atoms with Gasteiger partial charge in [0.2, 0.25) is 0 Å². The summed E-state index contributed by atoms with van der Waals surface area (Å²) in [4.78, 5) is 11.1. The Bertz CT molecular complexity index is 354. The first-order valence-electron chi connectivity index (χ1n) is 4.19. The standard InChI is InChI=1S/C9H12N2O4/c1-15-5-10-9(14)11-7-3-2-6(12)4-8(7)13/h2-4,12-13H,5H2,1H3,(H2,10,11,14). The van der Waals surface area contributed by atoms with Crippen molar-refractivity contribution in [2.75, 3.05) is 19.2 Å². The molecule has 6 nitrogen and oxygen atoms in total. The van der Waals surface area contributed by atoms with Crippen molar-refractivity contribution in [3.63, 3.8) is 0 Å². The van der Waals surface area contributed by atoms with E-state index in [4.69, 9.17) is 5.11 Å². The van der Waals surface area contributed by atoms with Crippen molar-refractivity contribution in [1.29, 1.82) is 0 Å². The summed E-state index contributed by atoms with van der Waals surface area (Å²) in [6.07, 6.45) is 0. The summed E-state index contributed by atoms with van der Waals surface area (Å²) in [6, 6.07) is 3.37. The lowest BCUT2D eigenvalue weighted by atomic mass is 10.3. The first-order valence-corrected chi connectivity index (χ1v) is 4.19. The third-order valence-corrected chi connectivity index (χ3v) is 1.61. The van der Waals surface area contributed by atoms with Gasteiger partial charge in [0, 0.05) is 13.2 Å². The molecule has 2 amide bonds. The van der Waals surface area contributed by atoms with Gasteiger partial charge in [-0.3, -0.25) is 0 Å². The van der Waals surface area contributed by atoms with Crippen LogP contribution in [-0.4, -0.2) is 30.1 Å². The van der Waals surface area contributed by atoms with Gasteiger partial charge in [0.25, 0.3) is 0 Å². The number of methoxy groups -OCH3 is 1. The molecule has 0 radical (unpaired) electrons. The fourth-order valence-corrected chi connectivity index (χ4v) is 0.930. The monoisotopic (exact) mass is 212 g/mol. The Labute approximate surface area is 86.5 Å². The summed E-state index contributed by atoms with van der Waals surface area (Å²) in [5, 5.41) is 23.1. The van der Waals surface area contributed by atoms with Crippen LogP contribution in [-0.2, 0) is 4.74 Å².